The van der Waals surface area contributed by atoms with Crippen LogP contribution in [0.3, 0.4) is 0 Å². The zero-order chi connectivity index (χ0) is 24.4. The van der Waals surface area contributed by atoms with Crippen LogP contribution in [0.1, 0.15) is 29.2 Å². The van der Waals surface area contributed by atoms with Crippen LogP contribution >= 0.6 is 0 Å². The molecule has 35 heavy (non-hydrogen) atoms. The van der Waals surface area contributed by atoms with Gasteiger partial charge in [0.15, 0.2) is 0 Å². The zero-order valence-corrected chi connectivity index (χ0v) is 19.5. The molecular formula is C25H26FN7O2. The number of halogens is 1. The van der Waals surface area contributed by atoms with E-state index in [9.17, 15) is 9.18 Å². The van der Waals surface area contributed by atoms with E-state index >= 15 is 0 Å². The van der Waals surface area contributed by atoms with Crippen LogP contribution in [0.5, 0.6) is 0 Å². The Morgan fingerprint density at radius 3 is 2.94 bits per heavy atom. The van der Waals surface area contributed by atoms with Gasteiger partial charge in [-0.25, -0.2) is 13.9 Å². The number of carbonyl (C=O) groups is 1. The molecule has 2 aliphatic heterocycles. The predicted molar refractivity (Wildman–Crippen MR) is 126 cm³/mol. The van der Waals surface area contributed by atoms with Gasteiger partial charge in [-0.05, 0) is 58.7 Å². The number of fused-ring (bicyclic) bond motifs is 1. The van der Waals surface area contributed by atoms with E-state index < -0.39 is 5.82 Å². The molecule has 1 amide bonds. The van der Waals surface area contributed by atoms with Crippen molar-refractivity contribution in [3.05, 3.63) is 76.7 Å². The quantitative estimate of drug-likeness (QED) is 0.528. The average molecular weight is 476 g/mol. The summed E-state index contributed by atoms with van der Waals surface area (Å²) in [6.45, 7) is 12.3. The van der Waals surface area contributed by atoms with E-state index in [-0.39, 0.29) is 23.7 Å². The first-order valence-corrected chi connectivity index (χ1v) is 11.7. The minimum absolute atomic E-state index is 0.0622. The van der Waals surface area contributed by atoms with Crippen molar-refractivity contribution in [2.75, 3.05) is 32.8 Å². The molecule has 3 aromatic rings. The van der Waals surface area contributed by atoms with Crippen LogP contribution in [0.25, 0.3) is 10.5 Å². The van der Waals surface area contributed by atoms with Crippen molar-refractivity contribution in [1.29, 1.82) is 0 Å². The smallest absolute Gasteiger partial charge is 0.225 e. The molecule has 0 bridgehead atoms. The first-order valence-electron chi connectivity index (χ1n) is 11.7. The summed E-state index contributed by atoms with van der Waals surface area (Å²) in [5.41, 5.74) is 3.48. The summed E-state index contributed by atoms with van der Waals surface area (Å²) in [5.74, 6) is -0.361. The van der Waals surface area contributed by atoms with Crippen LogP contribution in [-0.4, -0.2) is 74.7 Å². The van der Waals surface area contributed by atoms with Gasteiger partial charge in [-0.15, -0.1) is 5.10 Å². The van der Waals surface area contributed by atoms with Gasteiger partial charge in [0.2, 0.25) is 11.6 Å². The van der Waals surface area contributed by atoms with Gasteiger partial charge in [-0.2, -0.15) is 0 Å². The Morgan fingerprint density at radius 1 is 1.26 bits per heavy atom. The lowest BCUT2D eigenvalue weighted by molar-refractivity contribution is -0.140. The van der Waals surface area contributed by atoms with Crippen molar-refractivity contribution in [3.8, 4) is 5.69 Å². The van der Waals surface area contributed by atoms with Crippen LogP contribution in [0, 0.1) is 19.3 Å². The molecule has 1 aromatic heterocycles. The predicted octanol–water partition coefficient (Wildman–Crippen LogP) is 2.88. The van der Waals surface area contributed by atoms with E-state index in [1.54, 1.807) is 24.0 Å². The number of piperazine rings is 1. The number of ether oxygens (including phenoxy) is 1. The van der Waals surface area contributed by atoms with Crippen molar-refractivity contribution < 1.29 is 13.9 Å². The number of hydrogen-bond acceptors (Lipinski definition) is 6. The maximum atomic E-state index is 13.9. The molecule has 9 nitrogen and oxygen atoms in total. The molecule has 0 radical (unpaired) electrons. The van der Waals surface area contributed by atoms with Crippen LogP contribution < -0.4 is 0 Å². The van der Waals surface area contributed by atoms with Crippen molar-refractivity contribution >= 4 is 11.6 Å². The van der Waals surface area contributed by atoms with Crippen molar-refractivity contribution in [1.82, 2.24) is 30.0 Å². The second kappa shape index (κ2) is 9.90. The number of hydrogen-bond donors (Lipinski definition) is 0. The molecule has 2 aromatic carbocycles. The number of nitrogens with zero attached hydrogens (tertiary/aromatic N) is 7. The normalized spacial score (nSPS) is 20.3. The van der Waals surface area contributed by atoms with Crippen molar-refractivity contribution in [3.63, 3.8) is 0 Å². The number of morpholine rings is 1. The molecule has 0 spiro atoms. The first kappa shape index (κ1) is 23.1. The van der Waals surface area contributed by atoms with Crippen LogP contribution in [0.2, 0.25) is 0 Å². The van der Waals surface area contributed by atoms with Gasteiger partial charge in [0, 0.05) is 32.6 Å². The molecule has 3 heterocycles. The fourth-order valence-electron chi connectivity index (χ4n) is 4.91. The summed E-state index contributed by atoms with van der Waals surface area (Å²) in [6.07, 6.45) is 2.42. The Balaban J connectivity index is 1.17. The molecule has 180 valence electrons. The maximum Gasteiger partial charge on any atom is 0.225 e. The average Bonchev–Trinajstić information content (AvgIpc) is 3.42. The molecular weight excluding hydrogens is 449 g/mol. The van der Waals surface area contributed by atoms with Gasteiger partial charge in [0.25, 0.3) is 0 Å². The van der Waals surface area contributed by atoms with Gasteiger partial charge < -0.3 is 9.64 Å². The van der Waals surface area contributed by atoms with E-state index in [0.29, 0.717) is 44.6 Å². The molecule has 0 N–H and O–H groups in total. The lowest BCUT2D eigenvalue weighted by Crippen LogP contribution is -2.59. The van der Waals surface area contributed by atoms with Crippen LogP contribution in [0.4, 0.5) is 10.1 Å². The highest BCUT2D eigenvalue weighted by Crippen LogP contribution is 2.34. The Labute approximate surface area is 202 Å². The summed E-state index contributed by atoms with van der Waals surface area (Å²) < 4.78 is 21.7. The SMILES string of the molecule is [C-]#[N+]c1c(F)ccc([C@@H]2CN3CCN(C(=O)CCc4cccc(-n5cnnn5)c4)C[C@H]3CO2)c1C. The molecule has 2 aliphatic rings. The Kier molecular flexibility index (Phi) is 6.53. The molecule has 2 saturated heterocycles. The van der Waals surface area contributed by atoms with E-state index in [1.807, 2.05) is 29.2 Å². The molecule has 2 atom stereocenters. The van der Waals surface area contributed by atoms with E-state index in [0.717, 1.165) is 23.4 Å². The largest absolute Gasteiger partial charge is 0.371 e. The van der Waals surface area contributed by atoms with Crippen molar-refractivity contribution in [2.24, 2.45) is 0 Å². The molecule has 2 fully saturated rings. The highest BCUT2D eigenvalue weighted by molar-refractivity contribution is 5.76. The first-order chi connectivity index (χ1) is 17.0. The third-order valence-electron chi connectivity index (χ3n) is 6.88. The second-order valence-corrected chi connectivity index (χ2v) is 8.96. The van der Waals surface area contributed by atoms with Crippen LogP contribution in [-0.2, 0) is 16.0 Å². The Bertz CT molecular complexity index is 1260. The number of rotatable bonds is 5. The number of amides is 1. The van der Waals surface area contributed by atoms with Gasteiger partial charge in [-0.3, -0.25) is 9.69 Å². The van der Waals surface area contributed by atoms with Gasteiger partial charge in [0.1, 0.15) is 12.1 Å². The van der Waals surface area contributed by atoms with Gasteiger partial charge in [-0.1, -0.05) is 18.2 Å². The summed E-state index contributed by atoms with van der Waals surface area (Å²) >= 11 is 0. The van der Waals surface area contributed by atoms with Gasteiger partial charge >= 0.3 is 0 Å². The molecule has 0 saturated carbocycles. The second-order valence-electron chi connectivity index (χ2n) is 8.96. The lowest BCUT2D eigenvalue weighted by Gasteiger charge is -2.46. The van der Waals surface area contributed by atoms with E-state index in [4.69, 9.17) is 11.3 Å². The Hall–Kier alpha value is -3.68. The Morgan fingerprint density at radius 2 is 2.14 bits per heavy atom. The number of tetrazole rings is 1. The number of benzene rings is 2. The van der Waals surface area contributed by atoms with Gasteiger partial charge in [0.05, 0.1) is 31.0 Å². The zero-order valence-electron chi connectivity index (χ0n) is 19.5. The fourth-order valence-corrected chi connectivity index (χ4v) is 4.91. The summed E-state index contributed by atoms with van der Waals surface area (Å²) in [5, 5.41) is 11.2. The molecule has 0 aliphatic carbocycles. The van der Waals surface area contributed by atoms with Crippen molar-refractivity contribution in [2.45, 2.75) is 31.9 Å². The minimum atomic E-state index is -0.496. The minimum Gasteiger partial charge on any atom is -0.371 e. The third-order valence-corrected chi connectivity index (χ3v) is 6.88. The monoisotopic (exact) mass is 475 g/mol. The topological polar surface area (TPSA) is 80.7 Å². The highest BCUT2D eigenvalue weighted by Gasteiger charge is 2.36. The summed E-state index contributed by atoms with van der Waals surface area (Å²) in [6, 6.07) is 11.1. The highest BCUT2D eigenvalue weighted by atomic mass is 19.1. The number of carbonyl (C=O) groups excluding carboxylic acids is 1. The summed E-state index contributed by atoms with van der Waals surface area (Å²) in [7, 11) is 0. The fraction of sp³-hybridized carbons (Fsp3) is 0.400. The molecule has 10 heteroatoms. The molecule has 5 rings (SSSR count). The summed E-state index contributed by atoms with van der Waals surface area (Å²) in [4.78, 5) is 20.6. The van der Waals surface area contributed by atoms with E-state index in [1.165, 1.54) is 6.07 Å². The molecule has 0 unspecified atom stereocenters. The number of aryl methyl sites for hydroxylation is 1. The van der Waals surface area contributed by atoms with E-state index in [2.05, 4.69) is 25.3 Å². The lowest BCUT2D eigenvalue weighted by atomic mass is 9.98. The third kappa shape index (κ3) is 4.78. The number of aromatic nitrogens is 4. The van der Waals surface area contributed by atoms with Crippen LogP contribution in [0.15, 0.2) is 42.7 Å². The standard InChI is InChI=1S/C25H26FN7O2/c1-17-21(7-8-22(26)25(17)27-2)23-14-31-10-11-32(13-20(31)15-35-23)24(34)9-6-18-4-3-5-19(12-18)33-16-28-29-30-33/h3-5,7-8,12,16,20,23H,6,9-11,13-15H2,1H3/t20-,23-/m0/s1. The maximum absolute atomic E-state index is 13.9.